The van der Waals surface area contributed by atoms with Gasteiger partial charge in [-0.05, 0) is 56.3 Å². The fraction of sp³-hybridized carbons (Fsp3) is 0.312. The topological polar surface area (TPSA) is 34.1 Å². The third-order valence-electron chi connectivity index (χ3n) is 3.02. The zero-order chi connectivity index (χ0) is 14.5. The zero-order valence-corrected chi connectivity index (χ0v) is 12.8. The number of pyridine rings is 1. The average molecular weight is 291 g/mol. The fourth-order valence-electron chi connectivity index (χ4n) is 2.04. The van der Waals surface area contributed by atoms with E-state index >= 15 is 0 Å². The Balaban J connectivity index is 2.07. The number of ether oxygens (including phenoxy) is 1. The van der Waals surface area contributed by atoms with E-state index in [4.69, 9.17) is 16.3 Å². The smallest absolute Gasteiger partial charge is 0.130 e. The summed E-state index contributed by atoms with van der Waals surface area (Å²) in [6.45, 7) is 5.17. The minimum atomic E-state index is 0.456. The van der Waals surface area contributed by atoms with Crippen LogP contribution in [0.1, 0.15) is 22.5 Å². The molecule has 1 aromatic heterocycles. The van der Waals surface area contributed by atoms with Crippen molar-refractivity contribution in [3.05, 3.63) is 57.9 Å². The van der Waals surface area contributed by atoms with Gasteiger partial charge in [0.1, 0.15) is 12.4 Å². The maximum absolute atomic E-state index is 6.15. The van der Waals surface area contributed by atoms with Gasteiger partial charge >= 0.3 is 0 Å². The first-order valence-corrected chi connectivity index (χ1v) is 6.97. The number of aromatic nitrogens is 1. The molecule has 0 aliphatic rings. The van der Waals surface area contributed by atoms with Crippen molar-refractivity contribution in [2.45, 2.75) is 27.0 Å². The Hall–Kier alpha value is -1.58. The van der Waals surface area contributed by atoms with E-state index in [0.29, 0.717) is 6.61 Å². The predicted molar refractivity (Wildman–Crippen MR) is 82.3 cm³/mol. The highest BCUT2D eigenvalue weighted by Crippen LogP contribution is 2.26. The number of nitrogens with zero attached hydrogens (tertiary/aromatic N) is 1. The lowest BCUT2D eigenvalue weighted by Crippen LogP contribution is -2.08. The molecular formula is C16H19ClN2O. The molecule has 1 aromatic carbocycles. The number of rotatable bonds is 5. The number of aryl methyl sites for hydroxylation is 2. The van der Waals surface area contributed by atoms with Crippen LogP contribution in [0.25, 0.3) is 0 Å². The van der Waals surface area contributed by atoms with Gasteiger partial charge in [0.05, 0.1) is 11.4 Å². The first kappa shape index (κ1) is 14.8. The summed E-state index contributed by atoms with van der Waals surface area (Å²) in [4.78, 5) is 4.53. The molecule has 0 aliphatic heterocycles. The van der Waals surface area contributed by atoms with Crippen molar-refractivity contribution in [3.8, 4) is 5.75 Å². The molecule has 0 atom stereocenters. The van der Waals surface area contributed by atoms with Gasteiger partial charge in [0.25, 0.3) is 0 Å². The van der Waals surface area contributed by atoms with Crippen LogP contribution in [-0.2, 0) is 13.2 Å². The van der Waals surface area contributed by atoms with E-state index in [9.17, 15) is 0 Å². The second kappa shape index (κ2) is 6.73. The number of hydrogen-bond acceptors (Lipinski definition) is 3. The van der Waals surface area contributed by atoms with Crippen LogP contribution in [0.4, 0.5) is 0 Å². The summed E-state index contributed by atoms with van der Waals surface area (Å²) in [6, 6.07) is 9.86. The van der Waals surface area contributed by atoms with E-state index in [-0.39, 0.29) is 0 Å². The maximum atomic E-state index is 6.15. The minimum absolute atomic E-state index is 0.456. The number of hydrogen-bond donors (Lipinski definition) is 1. The van der Waals surface area contributed by atoms with Crippen LogP contribution in [0.15, 0.2) is 30.3 Å². The molecule has 0 saturated heterocycles. The zero-order valence-electron chi connectivity index (χ0n) is 12.0. The normalized spacial score (nSPS) is 10.6. The molecular weight excluding hydrogens is 272 g/mol. The largest absolute Gasteiger partial charge is 0.487 e. The average Bonchev–Trinajstić information content (AvgIpc) is 2.43. The van der Waals surface area contributed by atoms with E-state index < -0.39 is 0 Å². The Morgan fingerprint density at radius 2 is 1.80 bits per heavy atom. The van der Waals surface area contributed by atoms with Crippen LogP contribution in [0.2, 0.25) is 5.02 Å². The second-order valence-electron chi connectivity index (χ2n) is 4.81. The fourth-order valence-corrected chi connectivity index (χ4v) is 2.15. The Morgan fingerprint density at radius 1 is 1.15 bits per heavy atom. The standard InChI is InChI=1S/C16H19ClN2O/c1-11-7-15(8-12(2)16(11)17)20-10-14-6-4-5-13(19-14)9-18-3/h4-8,18H,9-10H2,1-3H3. The number of halogens is 1. The van der Waals surface area contributed by atoms with E-state index in [1.54, 1.807) is 0 Å². The second-order valence-corrected chi connectivity index (χ2v) is 5.19. The molecule has 0 aliphatic carbocycles. The van der Waals surface area contributed by atoms with Crippen LogP contribution in [0.3, 0.4) is 0 Å². The quantitative estimate of drug-likeness (QED) is 0.913. The molecule has 0 fully saturated rings. The van der Waals surface area contributed by atoms with Crippen LogP contribution < -0.4 is 10.1 Å². The highest BCUT2D eigenvalue weighted by molar-refractivity contribution is 6.32. The van der Waals surface area contributed by atoms with Crippen molar-refractivity contribution >= 4 is 11.6 Å². The van der Waals surface area contributed by atoms with Crippen molar-refractivity contribution in [1.82, 2.24) is 10.3 Å². The van der Waals surface area contributed by atoms with Crippen molar-refractivity contribution in [3.63, 3.8) is 0 Å². The van der Waals surface area contributed by atoms with Gasteiger partial charge in [-0.1, -0.05) is 17.7 Å². The molecule has 2 aromatic rings. The van der Waals surface area contributed by atoms with Gasteiger partial charge in [-0.2, -0.15) is 0 Å². The van der Waals surface area contributed by atoms with Gasteiger partial charge in [-0.15, -0.1) is 0 Å². The van der Waals surface area contributed by atoms with Crippen LogP contribution in [0, 0.1) is 13.8 Å². The SMILES string of the molecule is CNCc1cccc(COc2cc(C)c(Cl)c(C)c2)n1. The van der Waals surface area contributed by atoms with Crippen LogP contribution in [-0.4, -0.2) is 12.0 Å². The third kappa shape index (κ3) is 3.71. The Kier molecular flexibility index (Phi) is 4.99. The highest BCUT2D eigenvalue weighted by atomic mass is 35.5. The molecule has 0 saturated carbocycles. The summed E-state index contributed by atoms with van der Waals surface area (Å²) in [6.07, 6.45) is 0. The van der Waals surface area contributed by atoms with E-state index in [1.165, 1.54) is 0 Å². The van der Waals surface area contributed by atoms with Gasteiger partial charge in [-0.3, -0.25) is 4.98 Å². The Bertz CT molecular complexity index is 576. The van der Waals surface area contributed by atoms with Gasteiger partial charge in [-0.25, -0.2) is 0 Å². The predicted octanol–water partition coefficient (Wildman–Crippen LogP) is 3.65. The first-order valence-electron chi connectivity index (χ1n) is 6.59. The lowest BCUT2D eigenvalue weighted by molar-refractivity contribution is 0.300. The lowest BCUT2D eigenvalue weighted by atomic mass is 10.1. The summed E-state index contributed by atoms with van der Waals surface area (Å²) < 4.78 is 5.80. The summed E-state index contributed by atoms with van der Waals surface area (Å²) >= 11 is 6.15. The molecule has 20 heavy (non-hydrogen) atoms. The molecule has 2 rings (SSSR count). The van der Waals surface area contributed by atoms with E-state index in [2.05, 4.69) is 10.3 Å². The molecule has 106 valence electrons. The number of benzene rings is 1. The molecule has 1 N–H and O–H groups in total. The molecule has 4 heteroatoms. The maximum Gasteiger partial charge on any atom is 0.130 e. The summed E-state index contributed by atoms with van der Waals surface area (Å²) in [7, 11) is 1.91. The molecule has 0 amide bonds. The Labute approximate surface area is 124 Å². The lowest BCUT2D eigenvalue weighted by Gasteiger charge is -2.10. The molecule has 3 nitrogen and oxygen atoms in total. The third-order valence-corrected chi connectivity index (χ3v) is 3.62. The molecule has 0 radical (unpaired) electrons. The monoisotopic (exact) mass is 290 g/mol. The molecule has 0 bridgehead atoms. The van der Waals surface area contributed by atoms with Gasteiger partial charge in [0, 0.05) is 11.6 Å². The molecule has 1 heterocycles. The van der Waals surface area contributed by atoms with Crippen LogP contribution >= 0.6 is 11.6 Å². The van der Waals surface area contributed by atoms with Crippen molar-refractivity contribution in [1.29, 1.82) is 0 Å². The summed E-state index contributed by atoms with van der Waals surface area (Å²) in [5, 5.41) is 3.89. The van der Waals surface area contributed by atoms with Gasteiger partial charge in [0.15, 0.2) is 0 Å². The van der Waals surface area contributed by atoms with Gasteiger partial charge < -0.3 is 10.1 Å². The van der Waals surface area contributed by atoms with Crippen LogP contribution in [0.5, 0.6) is 5.75 Å². The van der Waals surface area contributed by atoms with Gasteiger partial charge in [0.2, 0.25) is 0 Å². The molecule has 0 spiro atoms. The summed E-state index contributed by atoms with van der Waals surface area (Å²) in [5.41, 5.74) is 3.98. The minimum Gasteiger partial charge on any atom is -0.487 e. The molecule has 0 unspecified atom stereocenters. The Morgan fingerprint density at radius 3 is 2.45 bits per heavy atom. The van der Waals surface area contributed by atoms with E-state index in [1.807, 2.05) is 51.2 Å². The number of nitrogens with one attached hydrogen (secondary N) is 1. The van der Waals surface area contributed by atoms with E-state index in [0.717, 1.165) is 39.8 Å². The van der Waals surface area contributed by atoms with Crippen molar-refractivity contribution in [2.75, 3.05) is 7.05 Å². The first-order chi connectivity index (χ1) is 9.60. The van der Waals surface area contributed by atoms with Crippen molar-refractivity contribution < 1.29 is 4.74 Å². The summed E-state index contributed by atoms with van der Waals surface area (Å²) in [5.74, 6) is 0.824. The highest BCUT2D eigenvalue weighted by Gasteiger charge is 2.04. The van der Waals surface area contributed by atoms with Crippen molar-refractivity contribution in [2.24, 2.45) is 0 Å².